The summed E-state index contributed by atoms with van der Waals surface area (Å²) in [7, 11) is 0. The third kappa shape index (κ3) is 11.2. The van der Waals surface area contributed by atoms with Crippen LogP contribution in [0.25, 0.3) is 0 Å². The molecule has 0 aromatic heterocycles. The van der Waals surface area contributed by atoms with E-state index < -0.39 is 41.4 Å². The van der Waals surface area contributed by atoms with Gasteiger partial charge in [0.1, 0.15) is 46.4 Å². The van der Waals surface area contributed by atoms with Crippen LogP contribution in [0.3, 0.4) is 0 Å². The van der Waals surface area contributed by atoms with E-state index in [-0.39, 0.29) is 79.7 Å². The Labute approximate surface area is 405 Å². The first-order chi connectivity index (χ1) is 34.0. The predicted octanol–water partition coefficient (Wildman–Crippen LogP) is 11.8. The normalized spacial score (nSPS) is 25.7. The molecule has 4 aromatic carbocycles. The largest absolute Gasteiger partial charge is 0.493 e. The highest BCUT2D eigenvalue weighted by Crippen LogP contribution is 2.41. The molecule has 0 saturated carbocycles. The maximum atomic E-state index is 15.1. The van der Waals surface area contributed by atoms with Crippen molar-refractivity contribution in [1.29, 1.82) is 5.26 Å². The van der Waals surface area contributed by atoms with Gasteiger partial charge >= 0.3 is 0 Å². The molecule has 0 amide bonds. The van der Waals surface area contributed by atoms with Crippen molar-refractivity contribution in [2.75, 3.05) is 52.9 Å². The molecule has 0 bridgehead atoms. The number of rotatable bonds is 12. The van der Waals surface area contributed by atoms with Gasteiger partial charge in [-0.25, -0.2) is 26.3 Å². The zero-order valence-corrected chi connectivity index (χ0v) is 39.8. The predicted molar refractivity (Wildman–Crippen MR) is 246 cm³/mol. The Morgan fingerprint density at radius 1 is 0.486 bits per heavy atom. The molecule has 376 valence electrons. The lowest BCUT2D eigenvalue weighted by Gasteiger charge is -2.36. The fraction of sp³-hybridized carbons (Fsp3) is 0.545. The molecule has 0 spiro atoms. The van der Waals surface area contributed by atoms with Crippen LogP contribution >= 0.6 is 0 Å². The van der Waals surface area contributed by atoms with E-state index in [1.165, 1.54) is 50.7 Å². The molecule has 4 atom stereocenters. The first kappa shape index (κ1) is 50.0. The van der Waals surface area contributed by atoms with Crippen molar-refractivity contribution in [3.63, 3.8) is 0 Å². The van der Waals surface area contributed by atoms with Crippen molar-refractivity contribution in [2.24, 2.45) is 23.7 Å². The van der Waals surface area contributed by atoms with E-state index >= 15 is 8.78 Å². The van der Waals surface area contributed by atoms with E-state index in [0.29, 0.717) is 66.9 Å². The summed E-state index contributed by atoms with van der Waals surface area (Å²) in [5.41, 5.74) is 3.04. The average molecular weight is 978 g/mol. The second-order valence-electron chi connectivity index (χ2n) is 19.8. The van der Waals surface area contributed by atoms with Crippen LogP contribution in [0.15, 0.2) is 42.5 Å². The van der Waals surface area contributed by atoms with Gasteiger partial charge in [-0.3, -0.25) is 0 Å². The summed E-state index contributed by atoms with van der Waals surface area (Å²) >= 11 is 0. The number of hydrogen-bond donors (Lipinski definition) is 0. The number of ether oxygens (including phenoxy) is 8. The molecule has 15 heteroatoms. The fourth-order valence-corrected chi connectivity index (χ4v) is 10.7. The number of fused-ring (bicyclic) bond motifs is 4. The first-order valence-electron chi connectivity index (χ1n) is 25.0. The lowest BCUT2D eigenvalue weighted by Crippen LogP contribution is -2.41. The molecule has 0 N–H and O–H groups in total. The molecule has 0 unspecified atom stereocenters. The van der Waals surface area contributed by atoms with Crippen LogP contribution in [0.2, 0.25) is 0 Å². The zero-order chi connectivity index (χ0) is 48.9. The molecular weight excluding hydrogens is 917 g/mol. The van der Waals surface area contributed by atoms with E-state index in [0.717, 1.165) is 60.4 Å². The van der Waals surface area contributed by atoms with Crippen molar-refractivity contribution in [3.05, 3.63) is 116 Å². The number of benzene rings is 4. The molecule has 70 heavy (non-hydrogen) atoms. The molecule has 4 aromatic rings. The number of hydrogen-bond acceptors (Lipinski definition) is 9. The molecule has 2 saturated heterocycles. The van der Waals surface area contributed by atoms with E-state index in [1.807, 2.05) is 0 Å². The Hall–Kier alpha value is -5.01. The fourth-order valence-electron chi connectivity index (χ4n) is 10.7. The van der Waals surface area contributed by atoms with Crippen LogP contribution in [-0.4, -0.2) is 65.4 Å². The Kier molecular flexibility index (Phi) is 16.1. The number of nitriles is 1. The van der Waals surface area contributed by atoms with Crippen LogP contribution in [-0.2, 0) is 44.6 Å². The third-order valence-electron chi connectivity index (χ3n) is 14.5. The highest BCUT2D eigenvalue weighted by Gasteiger charge is 2.38. The maximum absolute atomic E-state index is 15.1. The molecular formula is C55H61F6NO8. The van der Waals surface area contributed by atoms with Crippen molar-refractivity contribution >= 4 is 0 Å². The summed E-state index contributed by atoms with van der Waals surface area (Å²) in [4.78, 5) is 0. The molecule has 2 fully saturated rings. The van der Waals surface area contributed by atoms with Crippen molar-refractivity contribution in [2.45, 2.75) is 115 Å². The topological polar surface area (TPSA) is 97.6 Å². The van der Waals surface area contributed by atoms with Gasteiger partial charge in [0.25, 0.3) is 0 Å². The Bertz CT molecular complexity index is 2520. The van der Waals surface area contributed by atoms with E-state index in [9.17, 15) is 17.6 Å². The van der Waals surface area contributed by atoms with Crippen LogP contribution < -0.4 is 18.9 Å². The van der Waals surface area contributed by atoms with Crippen molar-refractivity contribution < 1.29 is 64.2 Å². The van der Waals surface area contributed by atoms with Gasteiger partial charge in [-0.05, 0) is 109 Å². The van der Waals surface area contributed by atoms with Crippen LogP contribution in [0.1, 0.15) is 116 Å². The van der Waals surface area contributed by atoms with Gasteiger partial charge in [0, 0.05) is 40.9 Å². The van der Waals surface area contributed by atoms with Gasteiger partial charge in [0.2, 0.25) is 0 Å². The highest BCUT2D eigenvalue weighted by molar-refractivity contribution is 5.47. The standard InChI is InChI=1S/C28H30F3NO4.C27H31F3O4/c1-2-3-4-5-16-6-17-8-23(29)21(10-25(17)33-12-16)20-14-35-28(36-15-20)19-7-18-9-24(30)22(11-32)26(31)27(18)34-13-19;1-2-3-4-5-16-6-17-9-23(29)22(11-25(17)31-12-16)20-14-33-27(34-15-20)19-7-18-8-21(28)10-24(30)26(18)32-13-19/h8-10,16,19-20,28H,2-7,12-15H2,1H3;8-11,16,19-20,27H,2-7,12-15H2,1H3/t16-,19-,20?,28?;16-,19-,20?,27?/m11/s1. The molecule has 6 aliphatic rings. The summed E-state index contributed by atoms with van der Waals surface area (Å²) in [5.74, 6) is -2.44. The molecule has 9 nitrogen and oxygen atoms in total. The number of nitrogens with zero attached hydrogens (tertiary/aromatic N) is 1. The zero-order valence-electron chi connectivity index (χ0n) is 39.8. The third-order valence-corrected chi connectivity index (χ3v) is 14.5. The van der Waals surface area contributed by atoms with Gasteiger partial charge in [0.05, 0.1) is 52.9 Å². The Morgan fingerprint density at radius 3 is 1.44 bits per heavy atom. The summed E-state index contributed by atoms with van der Waals surface area (Å²) in [6.07, 6.45) is 10.5. The van der Waals surface area contributed by atoms with Gasteiger partial charge in [-0.2, -0.15) is 5.26 Å². The highest BCUT2D eigenvalue weighted by atomic mass is 19.2. The minimum atomic E-state index is -0.978. The number of unbranched alkanes of at least 4 members (excludes halogenated alkanes) is 4. The summed E-state index contributed by atoms with van der Waals surface area (Å²) in [6, 6.07) is 11.5. The number of halogens is 6. The smallest absolute Gasteiger partial charge is 0.186 e. The average Bonchev–Trinajstić information content (AvgIpc) is 3.36. The second-order valence-corrected chi connectivity index (χ2v) is 19.8. The molecule has 0 aliphatic carbocycles. The van der Waals surface area contributed by atoms with Crippen molar-refractivity contribution in [1.82, 2.24) is 0 Å². The van der Waals surface area contributed by atoms with Crippen LogP contribution in [0.4, 0.5) is 26.3 Å². The summed E-state index contributed by atoms with van der Waals surface area (Å²) < 4.78 is 133. The van der Waals surface area contributed by atoms with Crippen molar-refractivity contribution in [3.8, 4) is 29.1 Å². The van der Waals surface area contributed by atoms with E-state index in [1.54, 1.807) is 24.3 Å². The van der Waals surface area contributed by atoms with Crippen LogP contribution in [0, 0.1) is 69.9 Å². The van der Waals surface area contributed by atoms with E-state index in [4.69, 9.17) is 43.2 Å². The van der Waals surface area contributed by atoms with E-state index in [2.05, 4.69) is 13.8 Å². The van der Waals surface area contributed by atoms with Gasteiger partial charge < -0.3 is 37.9 Å². The summed E-state index contributed by atoms with van der Waals surface area (Å²) in [6.45, 7) is 7.10. The minimum Gasteiger partial charge on any atom is -0.493 e. The molecule has 6 aliphatic heterocycles. The molecule has 10 rings (SSSR count). The monoisotopic (exact) mass is 977 g/mol. The summed E-state index contributed by atoms with van der Waals surface area (Å²) in [5, 5.41) is 8.95. The second kappa shape index (κ2) is 22.6. The first-order valence-corrected chi connectivity index (χ1v) is 25.0. The van der Waals surface area contributed by atoms with Gasteiger partial charge in [0.15, 0.2) is 35.7 Å². The Morgan fingerprint density at radius 2 is 0.957 bits per heavy atom. The SMILES string of the molecule is CCCCC[C@H]1COc2cc(C3COC([C@H]4COc5c(F)cc(F)cc5C4)OC3)c(F)cc2C1.CCCCC[C@H]1COc2cc(C3COC([C@H]4COc5c(cc(F)c(C#N)c5F)C4)OC3)c(F)cc2C1. The van der Waals surface area contributed by atoms with Gasteiger partial charge in [-0.15, -0.1) is 0 Å². The lowest BCUT2D eigenvalue weighted by atomic mass is 9.89. The maximum Gasteiger partial charge on any atom is 0.186 e. The molecule has 0 radical (unpaired) electrons. The quantitative estimate of drug-likeness (QED) is 0.102. The lowest BCUT2D eigenvalue weighted by molar-refractivity contribution is -0.218. The van der Waals surface area contributed by atoms with Gasteiger partial charge in [-0.1, -0.05) is 52.4 Å². The molecule has 6 heterocycles. The minimum absolute atomic E-state index is 0.0927. The Balaban J connectivity index is 0.000000174. The van der Waals surface area contributed by atoms with Crippen LogP contribution in [0.5, 0.6) is 23.0 Å².